The van der Waals surface area contributed by atoms with Crippen molar-refractivity contribution in [3.05, 3.63) is 23.0 Å². The van der Waals surface area contributed by atoms with E-state index in [2.05, 4.69) is 55.4 Å². The first kappa shape index (κ1) is 45.6. The molecule has 0 spiro atoms. The van der Waals surface area contributed by atoms with Crippen LogP contribution >= 0.6 is 0 Å². The third-order valence-corrected chi connectivity index (χ3v) is 7.88. The number of hydrogen-bond acceptors (Lipinski definition) is 7. The summed E-state index contributed by atoms with van der Waals surface area (Å²) in [7, 11) is 0. The molecule has 0 fully saturated rings. The summed E-state index contributed by atoms with van der Waals surface area (Å²) in [5, 5.41) is 0. The first-order chi connectivity index (χ1) is 23.1. The van der Waals surface area contributed by atoms with Gasteiger partial charge in [0.05, 0.1) is 26.4 Å². The van der Waals surface area contributed by atoms with E-state index in [4.69, 9.17) is 33.2 Å². The predicted octanol–water partition coefficient (Wildman–Crippen LogP) is 12.1. The van der Waals surface area contributed by atoms with E-state index in [1.165, 1.54) is 25.7 Å². The Kier molecular flexibility index (Phi) is 33.4. The molecule has 0 heterocycles. The molecule has 0 saturated heterocycles. The van der Waals surface area contributed by atoms with Crippen LogP contribution in [0.5, 0.6) is 0 Å². The van der Waals surface area contributed by atoms with Gasteiger partial charge < -0.3 is 33.2 Å². The molecule has 280 valence electrons. The summed E-state index contributed by atoms with van der Waals surface area (Å²) in [6.07, 6.45) is 20.4. The summed E-state index contributed by atoms with van der Waals surface area (Å²) < 4.78 is 44.4. The van der Waals surface area contributed by atoms with Gasteiger partial charge in [-0.15, -0.1) is 0 Å². The van der Waals surface area contributed by atoms with Crippen LogP contribution in [0.25, 0.3) is 0 Å². The lowest BCUT2D eigenvalue weighted by atomic mass is 10.1. The maximum Gasteiger partial charge on any atom is 0.162 e. The van der Waals surface area contributed by atoms with E-state index >= 15 is 0 Å². The Bertz CT molecular complexity index is 676. The maximum absolute atomic E-state index is 6.45. The van der Waals surface area contributed by atoms with E-state index in [0.29, 0.717) is 26.4 Å². The number of hydrogen-bond donors (Lipinski definition) is 0. The standard InChI is InChI=1S/C40H78O7/c1-9-17-21-25-35(42-29-13-5)39(44-31-15-7)37(27-23-19-11-3)46-33-41-34-47-38(28-24-20-12-4)40(45-32-16-8)36(43-30-14-6)26-22-18-10-2/h37-38H,9-34H2,1-8H3. The van der Waals surface area contributed by atoms with Crippen LogP contribution in [0.15, 0.2) is 23.0 Å². The van der Waals surface area contributed by atoms with E-state index in [1.807, 2.05) is 0 Å². The highest BCUT2D eigenvalue weighted by Gasteiger charge is 2.25. The van der Waals surface area contributed by atoms with Crippen LogP contribution in [-0.2, 0) is 33.2 Å². The van der Waals surface area contributed by atoms with Crippen molar-refractivity contribution >= 4 is 0 Å². The van der Waals surface area contributed by atoms with Crippen LogP contribution < -0.4 is 0 Å². The molecule has 0 aromatic carbocycles. The van der Waals surface area contributed by atoms with Crippen LogP contribution in [0.4, 0.5) is 0 Å². The molecule has 2 unspecified atom stereocenters. The summed E-state index contributed by atoms with van der Waals surface area (Å²) in [4.78, 5) is 0. The molecule has 0 aliphatic rings. The second-order valence-corrected chi connectivity index (χ2v) is 12.6. The van der Waals surface area contributed by atoms with Gasteiger partial charge in [0.15, 0.2) is 25.1 Å². The Morgan fingerprint density at radius 2 is 0.723 bits per heavy atom. The van der Waals surface area contributed by atoms with Crippen molar-refractivity contribution in [3.8, 4) is 0 Å². The van der Waals surface area contributed by atoms with Crippen LogP contribution in [0.1, 0.15) is 184 Å². The van der Waals surface area contributed by atoms with E-state index < -0.39 is 0 Å². The molecule has 0 aliphatic heterocycles. The Hall–Kier alpha value is -1.44. The molecule has 0 bridgehead atoms. The minimum atomic E-state index is -0.210. The fourth-order valence-electron chi connectivity index (χ4n) is 5.22. The lowest BCUT2D eigenvalue weighted by molar-refractivity contribution is -0.167. The monoisotopic (exact) mass is 671 g/mol. The third-order valence-electron chi connectivity index (χ3n) is 7.88. The Labute approximate surface area is 291 Å². The Morgan fingerprint density at radius 1 is 0.383 bits per heavy atom. The average Bonchev–Trinajstić information content (AvgIpc) is 3.08. The number of allylic oxidation sites excluding steroid dienone is 2. The summed E-state index contributed by atoms with van der Waals surface area (Å²) >= 11 is 0. The van der Waals surface area contributed by atoms with Crippen molar-refractivity contribution in [3.63, 3.8) is 0 Å². The van der Waals surface area contributed by atoms with Gasteiger partial charge in [-0.2, -0.15) is 0 Å². The minimum Gasteiger partial charge on any atom is -0.494 e. The summed E-state index contributed by atoms with van der Waals surface area (Å²) in [6.45, 7) is 20.4. The van der Waals surface area contributed by atoms with Crippen molar-refractivity contribution < 1.29 is 33.2 Å². The average molecular weight is 671 g/mol. The quantitative estimate of drug-likeness (QED) is 0.0373. The molecule has 7 heteroatoms. The Morgan fingerprint density at radius 3 is 1.06 bits per heavy atom. The lowest BCUT2D eigenvalue weighted by Crippen LogP contribution is -2.25. The fourth-order valence-corrected chi connectivity index (χ4v) is 5.22. The molecule has 0 aromatic rings. The molecular weight excluding hydrogens is 592 g/mol. The number of unbranched alkanes of at least 4 members (excludes halogenated alkanes) is 8. The highest BCUT2D eigenvalue weighted by molar-refractivity contribution is 5.09. The molecule has 0 N–H and O–H groups in total. The normalized spacial score (nSPS) is 14.0. The smallest absolute Gasteiger partial charge is 0.162 e. The largest absolute Gasteiger partial charge is 0.494 e. The first-order valence-electron chi connectivity index (χ1n) is 19.9. The van der Waals surface area contributed by atoms with Crippen molar-refractivity contribution in [1.29, 1.82) is 0 Å². The summed E-state index contributed by atoms with van der Waals surface area (Å²) in [5.41, 5.74) is 0. The van der Waals surface area contributed by atoms with Gasteiger partial charge >= 0.3 is 0 Å². The van der Waals surface area contributed by atoms with Gasteiger partial charge in [0, 0.05) is 12.8 Å². The zero-order chi connectivity index (χ0) is 34.8. The van der Waals surface area contributed by atoms with Crippen LogP contribution in [0.2, 0.25) is 0 Å². The van der Waals surface area contributed by atoms with E-state index in [9.17, 15) is 0 Å². The molecule has 2 atom stereocenters. The number of rotatable bonds is 36. The van der Waals surface area contributed by atoms with Gasteiger partial charge in [0.1, 0.15) is 23.7 Å². The van der Waals surface area contributed by atoms with Gasteiger partial charge in [0.25, 0.3) is 0 Å². The van der Waals surface area contributed by atoms with Crippen molar-refractivity contribution in [2.75, 3.05) is 40.0 Å². The summed E-state index contributed by atoms with van der Waals surface area (Å²) in [6, 6.07) is 0. The maximum atomic E-state index is 6.45. The van der Waals surface area contributed by atoms with Gasteiger partial charge in [-0.25, -0.2) is 0 Å². The zero-order valence-electron chi connectivity index (χ0n) is 32.4. The van der Waals surface area contributed by atoms with E-state index in [-0.39, 0.29) is 25.8 Å². The second kappa shape index (κ2) is 34.4. The zero-order valence-corrected chi connectivity index (χ0v) is 32.4. The molecule has 0 rings (SSSR count). The molecule has 0 amide bonds. The molecule has 0 saturated carbocycles. The highest BCUT2D eigenvalue weighted by Crippen LogP contribution is 2.27. The van der Waals surface area contributed by atoms with Crippen molar-refractivity contribution in [1.82, 2.24) is 0 Å². The topological polar surface area (TPSA) is 64.6 Å². The molecule has 47 heavy (non-hydrogen) atoms. The molecule has 0 radical (unpaired) electrons. The first-order valence-corrected chi connectivity index (χ1v) is 19.9. The number of ether oxygens (including phenoxy) is 7. The molecule has 0 aliphatic carbocycles. The van der Waals surface area contributed by atoms with Crippen LogP contribution in [0, 0.1) is 0 Å². The lowest BCUT2D eigenvalue weighted by Gasteiger charge is -2.26. The van der Waals surface area contributed by atoms with Crippen LogP contribution in [-0.4, -0.2) is 52.2 Å². The van der Waals surface area contributed by atoms with Crippen molar-refractivity contribution in [2.24, 2.45) is 0 Å². The highest BCUT2D eigenvalue weighted by atomic mass is 16.7. The predicted molar refractivity (Wildman–Crippen MR) is 196 cm³/mol. The van der Waals surface area contributed by atoms with Gasteiger partial charge in [-0.1, -0.05) is 120 Å². The fraction of sp³-hybridized carbons (Fsp3) is 0.900. The van der Waals surface area contributed by atoms with E-state index in [0.717, 1.165) is 126 Å². The minimum absolute atomic E-state index is 0.123. The Balaban J connectivity index is 5.95. The SMILES string of the molecule is CCCCCC(OCCC)=C(OCCC)C(CCCCC)OCOCOC(CCCCC)C(OCCC)=C(CCCCC)OCCC. The second-order valence-electron chi connectivity index (χ2n) is 12.6. The van der Waals surface area contributed by atoms with Gasteiger partial charge in [-0.3, -0.25) is 0 Å². The molecule has 0 aromatic heterocycles. The van der Waals surface area contributed by atoms with Gasteiger partial charge in [0.2, 0.25) is 0 Å². The van der Waals surface area contributed by atoms with Crippen molar-refractivity contribution in [2.45, 2.75) is 196 Å². The van der Waals surface area contributed by atoms with Crippen LogP contribution in [0.3, 0.4) is 0 Å². The third kappa shape index (κ3) is 23.5. The van der Waals surface area contributed by atoms with Gasteiger partial charge in [-0.05, 0) is 51.4 Å². The molecule has 7 nitrogen and oxygen atoms in total. The summed E-state index contributed by atoms with van der Waals surface area (Å²) in [5.74, 6) is 3.62. The molecular formula is C40H78O7. The van der Waals surface area contributed by atoms with E-state index in [1.54, 1.807) is 0 Å².